The molecule has 1 heterocycles. The number of amides is 1. The number of rotatable bonds is 5. The molecule has 1 aromatic heterocycles. The molecule has 0 spiro atoms. The number of nitrogens with zero attached hydrogens (tertiary/aromatic N) is 3. The lowest BCUT2D eigenvalue weighted by Gasteiger charge is -2.19. The summed E-state index contributed by atoms with van der Waals surface area (Å²) in [7, 11) is 0. The maximum Gasteiger partial charge on any atom is 0.271 e. The molecule has 28 heavy (non-hydrogen) atoms. The smallest absolute Gasteiger partial charge is 0.271 e. The van der Waals surface area contributed by atoms with Crippen molar-refractivity contribution in [3.05, 3.63) is 63.8 Å². The Balaban J connectivity index is 2.04. The lowest BCUT2D eigenvalue weighted by atomic mass is 9.87. The van der Waals surface area contributed by atoms with E-state index in [0.29, 0.717) is 5.75 Å². The standard InChI is InChI=1S/C19H19N5O4/c1-19(2,3)11-4-7-13(8-5-11)28-15-9-6-12(24(26)27)10-14(15)16-17(18(20)25)22-23-21-16/h4-10H,1-3H3,(H2,20,25)(H,21,22,23). The molecule has 0 aliphatic carbocycles. The van der Waals surface area contributed by atoms with Gasteiger partial charge >= 0.3 is 0 Å². The lowest BCUT2D eigenvalue weighted by Crippen LogP contribution is -2.13. The Morgan fingerprint density at radius 2 is 1.82 bits per heavy atom. The molecule has 0 atom stereocenters. The number of nitro benzene ring substituents is 1. The zero-order valence-electron chi connectivity index (χ0n) is 15.6. The number of aromatic nitrogens is 3. The lowest BCUT2D eigenvalue weighted by molar-refractivity contribution is -0.384. The molecule has 9 heteroatoms. The number of primary amides is 1. The van der Waals surface area contributed by atoms with Gasteiger partial charge in [0.2, 0.25) is 0 Å². The van der Waals surface area contributed by atoms with E-state index in [4.69, 9.17) is 10.5 Å². The summed E-state index contributed by atoms with van der Waals surface area (Å²) >= 11 is 0. The van der Waals surface area contributed by atoms with Crippen molar-refractivity contribution >= 4 is 11.6 Å². The highest BCUT2D eigenvalue weighted by Crippen LogP contribution is 2.36. The average molecular weight is 381 g/mol. The van der Waals surface area contributed by atoms with Crippen LogP contribution in [0.25, 0.3) is 11.3 Å². The first-order valence-electron chi connectivity index (χ1n) is 8.44. The number of ether oxygens (including phenoxy) is 1. The molecule has 3 N–H and O–H groups in total. The van der Waals surface area contributed by atoms with Crippen molar-refractivity contribution in [2.75, 3.05) is 0 Å². The Bertz CT molecular complexity index is 1040. The van der Waals surface area contributed by atoms with Gasteiger partial charge in [-0.3, -0.25) is 14.9 Å². The fourth-order valence-corrected chi connectivity index (χ4v) is 2.65. The Morgan fingerprint density at radius 1 is 1.14 bits per heavy atom. The highest BCUT2D eigenvalue weighted by atomic mass is 16.6. The van der Waals surface area contributed by atoms with E-state index in [1.165, 1.54) is 18.2 Å². The molecule has 0 aliphatic rings. The number of carbonyl (C=O) groups is 1. The number of nitro groups is 1. The van der Waals surface area contributed by atoms with Crippen LogP contribution < -0.4 is 10.5 Å². The van der Waals surface area contributed by atoms with Gasteiger partial charge in [0.15, 0.2) is 5.69 Å². The molecule has 0 radical (unpaired) electrons. The fraction of sp³-hybridized carbons (Fsp3) is 0.211. The Kier molecular flexibility index (Phi) is 4.83. The van der Waals surface area contributed by atoms with Crippen LogP contribution in [0.15, 0.2) is 42.5 Å². The van der Waals surface area contributed by atoms with Crippen LogP contribution in [0, 0.1) is 10.1 Å². The Hall–Kier alpha value is -3.75. The van der Waals surface area contributed by atoms with Gasteiger partial charge in [0.05, 0.1) is 10.5 Å². The van der Waals surface area contributed by atoms with E-state index < -0.39 is 10.8 Å². The number of nitrogens with two attached hydrogens (primary N) is 1. The van der Waals surface area contributed by atoms with Gasteiger partial charge in [0.1, 0.15) is 17.2 Å². The van der Waals surface area contributed by atoms with Gasteiger partial charge in [0, 0.05) is 12.1 Å². The summed E-state index contributed by atoms with van der Waals surface area (Å²) in [5, 5.41) is 21.1. The SMILES string of the molecule is CC(C)(C)c1ccc(Oc2ccc([N+](=O)[O-])cc2-c2n[nH]nc2C(N)=O)cc1. The number of benzene rings is 2. The van der Waals surface area contributed by atoms with E-state index in [-0.39, 0.29) is 33.8 Å². The fourth-order valence-electron chi connectivity index (χ4n) is 2.65. The van der Waals surface area contributed by atoms with E-state index in [2.05, 4.69) is 36.2 Å². The predicted octanol–water partition coefficient (Wildman–Crippen LogP) is 3.57. The van der Waals surface area contributed by atoms with Gasteiger partial charge in [0.25, 0.3) is 11.6 Å². The van der Waals surface area contributed by atoms with Crippen LogP contribution in [0.4, 0.5) is 5.69 Å². The number of hydrogen-bond acceptors (Lipinski definition) is 6. The monoisotopic (exact) mass is 381 g/mol. The highest BCUT2D eigenvalue weighted by molar-refractivity contribution is 5.97. The highest BCUT2D eigenvalue weighted by Gasteiger charge is 2.22. The summed E-state index contributed by atoms with van der Waals surface area (Å²) in [6, 6.07) is 11.5. The summed E-state index contributed by atoms with van der Waals surface area (Å²) in [5.74, 6) is 0.00784. The minimum absolute atomic E-state index is 0.00580. The second-order valence-electron chi connectivity index (χ2n) is 7.20. The maximum absolute atomic E-state index is 11.6. The zero-order valence-corrected chi connectivity index (χ0v) is 15.6. The van der Waals surface area contributed by atoms with Crippen LogP contribution >= 0.6 is 0 Å². The molecule has 3 rings (SSSR count). The third-order valence-electron chi connectivity index (χ3n) is 4.16. The van der Waals surface area contributed by atoms with Crippen LogP contribution in [0.2, 0.25) is 0 Å². The molecule has 0 unspecified atom stereocenters. The third kappa shape index (κ3) is 3.83. The van der Waals surface area contributed by atoms with Crippen LogP contribution in [-0.4, -0.2) is 26.2 Å². The molecule has 144 valence electrons. The van der Waals surface area contributed by atoms with Gasteiger partial charge in [-0.1, -0.05) is 32.9 Å². The van der Waals surface area contributed by atoms with E-state index in [0.717, 1.165) is 5.56 Å². The molecular formula is C19H19N5O4. The van der Waals surface area contributed by atoms with Gasteiger partial charge in [-0.15, -0.1) is 0 Å². The van der Waals surface area contributed by atoms with Crippen molar-refractivity contribution in [1.82, 2.24) is 15.4 Å². The van der Waals surface area contributed by atoms with Crippen molar-refractivity contribution in [1.29, 1.82) is 0 Å². The predicted molar refractivity (Wildman–Crippen MR) is 102 cm³/mol. The van der Waals surface area contributed by atoms with Crippen LogP contribution in [-0.2, 0) is 5.41 Å². The Morgan fingerprint density at radius 3 is 2.39 bits per heavy atom. The van der Waals surface area contributed by atoms with Crippen LogP contribution in [0.1, 0.15) is 36.8 Å². The second-order valence-corrected chi connectivity index (χ2v) is 7.20. The van der Waals surface area contributed by atoms with E-state index in [1.807, 2.05) is 24.3 Å². The van der Waals surface area contributed by atoms with E-state index in [9.17, 15) is 14.9 Å². The molecule has 0 saturated carbocycles. The zero-order chi connectivity index (χ0) is 20.5. The number of H-pyrrole nitrogens is 1. The van der Waals surface area contributed by atoms with Crippen molar-refractivity contribution in [2.45, 2.75) is 26.2 Å². The molecule has 0 bridgehead atoms. The molecule has 0 saturated heterocycles. The first kappa shape index (κ1) is 19.0. The first-order valence-corrected chi connectivity index (χ1v) is 8.44. The number of hydrogen-bond donors (Lipinski definition) is 2. The number of nitrogens with one attached hydrogen (secondary N) is 1. The summed E-state index contributed by atoms with van der Waals surface area (Å²) in [6.07, 6.45) is 0. The molecule has 0 aliphatic heterocycles. The minimum atomic E-state index is -0.810. The molecule has 0 fully saturated rings. The van der Waals surface area contributed by atoms with Crippen molar-refractivity contribution < 1.29 is 14.5 Å². The summed E-state index contributed by atoms with van der Waals surface area (Å²) < 4.78 is 5.91. The Labute approximate surface area is 160 Å². The topological polar surface area (TPSA) is 137 Å². The van der Waals surface area contributed by atoms with Gasteiger partial charge in [-0.05, 0) is 29.2 Å². The van der Waals surface area contributed by atoms with Crippen LogP contribution in [0.3, 0.4) is 0 Å². The summed E-state index contributed by atoms with van der Waals surface area (Å²) in [4.78, 5) is 22.2. The van der Waals surface area contributed by atoms with Crippen molar-refractivity contribution in [3.63, 3.8) is 0 Å². The summed E-state index contributed by atoms with van der Waals surface area (Å²) in [6.45, 7) is 6.31. The first-order chi connectivity index (χ1) is 13.2. The van der Waals surface area contributed by atoms with E-state index in [1.54, 1.807) is 0 Å². The van der Waals surface area contributed by atoms with Gasteiger partial charge in [-0.2, -0.15) is 15.4 Å². The second kappa shape index (κ2) is 7.10. The van der Waals surface area contributed by atoms with Gasteiger partial charge in [-0.25, -0.2) is 0 Å². The normalized spacial score (nSPS) is 11.2. The average Bonchev–Trinajstić information content (AvgIpc) is 3.11. The number of carbonyl (C=O) groups excluding carboxylic acids is 1. The van der Waals surface area contributed by atoms with E-state index >= 15 is 0 Å². The molecular weight excluding hydrogens is 362 g/mol. The van der Waals surface area contributed by atoms with Crippen LogP contribution in [0.5, 0.6) is 11.5 Å². The molecule has 2 aromatic carbocycles. The number of aromatic amines is 1. The molecule has 9 nitrogen and oxygen atoms in total. The summed E-state index contributed by atoms with van der Waals surface area (Å²) in [5.41, 5.74) is 6.45. The molecule has 1 amide bonds. The quantitative estimate of drug-likeness (QED) is 0.512. The minimum Gasteiger partial charge on any atom is -0.457 e. The number of non-ortho nitro benzene ring substituents is 1. The van der Waals surface area contributed by atoms with Crippen molar-refractivity contribution in [2.24, 2.45) is 5.73 Å². The van der Waals surface area contributed by atoms with Crippen molar-refractivity contribution in [3.8, 4) is 22.8 Å². The maximum atomic E-state index is 11.6. The third-order valence-corrected chi connectivity index (χ3v) is 4.16. The molecule has 3 aromatic rings. The van der Waals surface area contributed by atoms with Gasteiger partial charge < -0.3 is 10.5 Å². The largest absolute Gasteiger partial charge is 0.457 e.